The molecule has 2 rings (SSSR count). The Hall–Kier alpha value is -1.14. The van der Waals surface area contributed by atoms with Gasteiger partial charge in [0, 0.05) is 19.5 Å². The number of rotatable bonds is 4. The molecule has 1 aliphatic heterocycles. The number of piperidine rings is 1. The summed E-state index contributed by atoms with van der Waals surface area (Å²) < 4.78 is 29.6. The Balaban J connectivity index is 2.00. The fourth-order valence-corrected chi connectivity index (χ4v) is 3.48. The number of ketones is 1. The van der Waals surface area contributed by atoms with Gasteiger partial charge in [0.1, 0.15) is 5.76 Å². The fourth-order valence-electron chi connectivity index (χ4n) is 2.54. The van der Waals surface area contributed by atoms with Gasteiger partial charge in [0.25, 0.3) is 0 Å². The molecule has 0 spiro atoms. The van der Waals surface area contributed by atoms with Gasteiger partial charge in [-0.1, -0.05) is 0 Å². The molecule has 0 amide bonds. The van der Waals surface area contributed by atoms with Crippen molar-refractivity contribution in [3.63, 3.8) is 0 Å². The van der Waals surface area contributed by atoms with Crippen molar-refractivity contribution in [3.05, 3.63) is 23.7 Å². The normalized spacial score (nSPS) is 21.5. The molecule has 6 heteroatoms. The van der Waals surface area contributed by atoms with Gasteiger partial charge in [-0.25, -0.2) is 12.7 Å². The van der Waals surface area contributed by atoms with Crippen molar-refractivity contribution in [1.29, 1.82) is 0 Å². The summed E-state index contributed by atoms with van der Waals surface area (Å²) in [5.41, 5.74) is 0.608. The SMILES string of the molecule is Cc1occc1C(=O)CC1CCCN(S(C)(=O)=O)C1. The molecular weight excluding hydrogens is 266 g/mol. The van der Waals surface area contributed by atoms with E-state index in [1.165, 1.54) is 16.8 Å². The molecule has 1 aromatic heterocycles. The first-order valence-electron chi connectivity index (χ1n) is 6.40. The van der Waals surface area contributed by atoms with Crippen LogP contribution < -0.4 is 0 Å². The third-order valence-electron chi connectivity index (χ3n) is 3.58. The minimum absolute atomic E-state index is 0.0339. The van der Waals surface area contributed by atoms with E-state index < -0.39 is 10.0 Å². The van der Waals surface area contributed by atoms with Crippen LogP contribution in [0.1, 0.15) is 35.4 Å². The summed E-state index contributed by atoms with van der Waals surface area (Å²) in [5, 5.41) is 0. The van der Waals surface area contributed by atoms with E-state index in [1.807, 2.05) is 0 Å². The Morgan fingerprint density at radius 3 is 2.84 bits per heavy atom. The summed E-state index contributed by atoms with van der Waals surface area (Å²) in [5.74, 6) is 0.762. The number of hydrogen-bond acceptors (Lipinski definition) is 4. The maximum absolute atomic E-state index is 12.1. The molecule has 1 fully saturated rings. The molecule has 19 heavy (non-hydrogen) atoms. The maximum atomic E-state index is 12.1. The van der Waals surface area contributed by atoms with Crippen LogP contribution in [0.4, 0.5) is 0 Å². The number of nitrogens with zero attached hydrogens (tertiary/aromatic N) is 1. The number of sulfonamides is 1. The third-order valence-corrected chi connectivity index (χ3v) is 4.85. The Bertz CT molecular complexity index is 561. The van der Waals surface area contributed by atoms with Gasteiger partial charge in [0.15, 0.2) is 5.78 Å². The molecule has 1 aliphatic rings. The fraction of sp³-hybridized carbons (Fsp3) is 0.615. The molecule has 5 nitrogen and oxygen atoms in total. The maximum Gasteiger partial charge on any atom is 0.211 e. The Morgan fingerprint density at radius 2 is 2.26 bits per heavy atom. The van der Waals surface area contributed by atoms with Crippen LogP contribution in [0.3, 0.4) is 0 Å². The third kappa shape index (κ3) is 3.45. The minimum Gasteiger partial charge on any atom is -0.469 e. The van der Waals surface area contributed by atoms with Crippen LogP contribution >= 0.6 is 0 Å². The highest BCUT2D eigenvalue weighted by molar-refractivity contribution is 7.88. The molecule has 0 bridgehead atoms. The first kappa shape index (κ1) is 14.3. The average Bonchev–Trinajstić information content (AvgIpc) is 2.75. The lowest BCUT2D eigenvalue weighted by Crippen LogP contribution is -2.39. The van der Waals surface area contributed by atoms with Crippen LogP contribution in [0, 0.1) is 12.8 Å². The molecule has 0 radical (unpaired) electrons. The zero-order valence-corrected chi connectivity index (χ0v) is 12.1. The molecule has 1 atom stereocenters. The molecule has 2 heterocycles. The van der Waals surface area contributed by atoms with Gasteiger partial charge in [-0.15, -0.1) is 0 Å². The second-order valence-corrected chi connectivity index (χ2v) is 7.13. The van der Waals surface area contributed by atoms with E-state index in [-0.39, 0.29) is 11.7 Å². The van der Waals surface area contributed by atoms with Gasteiger partial charge < -0.3 is 4.42 Å². The topological polar surface area (TPSA) is 67.6 Å². The molecule has 0 aliphatic carbocycles. The Labute approximate surface area is 113 Å². The predicted molar refractivity (Wildman–Crippen MR) is 71.5 cm³/mol. The van der Waals surface area contributed by atoms with E-state index in [0.717, 1.165) is 12.8 Å². The lowest BCUT2D eigenvalue weighted by molar-refractivity contribution is 0.0941. The largest absolute Gasteiger partial charge is 0.469 e. The van der Waals surface area contributed by atoms with Gasteiger partial charge in [0.05, 0.1) is 18.1 Å². The van der Waals surface area contributed by atoms with Gasteiger partial charge in [0.2, 0.25) is 10.0 Å². The molecular formula is C13H19NO4S. The van der Waals surface area contributed by atoms with E-state index in [0.29, 0.717) is 30.8 Å². The highest BCUT2D eigenvalue weighted by atomic mass is 32.2. The summed E-state index contributed by atoms with van der Waals surface area (Å²) >= 11 is 0. The van der Waals surface area contributed by atoms with Crippen molar-refractivity contribution < 1.29 is 17.6 Å². The van der Waals surface area contributed by atoms with Crippen LogP contribution in [-0.2, 0) is 10.0 Å². The van der Waals surface area contributed by atoms with Crippen molar-refractivity contribution in [2.75, 3.05) is 19.3 Å². The van der Waals surface area contributed by atoms with Gasteiger partial charge in [-0.3, -0.25) is 4.79 Å². The van der Waals surface area contributed by atoms with Crippen molar-refractivity contribution in [2.45, 2.75) is 26.2 Å². The minimum atomic E-state index is -3.15. The van der Waals surface area contributed by atoms with Crippen LogP contribution in [0.5, 0.6) is 0 Å². The summed E-state index contributed by atoms with van der Waals surface area (Å²) in [6, 6.07) is 1.68. The van der Waals surface area contributed by atoms with Crippen LogP contribution in [-0.4, -0.2) is 37.9 Å². The van der Waals surface area contributed by atoms with Crippen LogP contribution in [0.15, 0.2) is 16.7 Å². The Morgan fingerprint density at radius 1 is 1.53 bits per heavy atom. The predicted octanol–water partition coefficient (Wildman–Crippen LogP) is 1.83. The summed E-state index contributed by atoms with van der Waals surface area (Å²) in [6.45, 7) is 2.77. The molecule has 0 saturated carbocycles. The molecule has 1 unspecified atom stereocenters. The van der Waals surface area contributed by atoms with Gasteiger partial charge in [-0.05, 0) is 31.7 Å². The number of Topliss-reactive ketones (excluding diaryl/α,β-unsaturated/α-hetero) is 1. The van der Waals surface area contributed by atoms with Gasteiger partial charge in [-0.2, -0.15) is 0 Å². The zero-order chi connectivity index (χ0) is 14.0. The molecule has 0 N–H and O–H groups in total. The highest BCUT2D eigenvalue weighted by Gasteiger charge is 2.28. The summed E-state index contributed by atoms with van der Waals surface area (Å²) in [7, 11) is -3.15. The summed E-state index contributed by atoms with van der Waals surface area (Å²) in [4.78, 5) is 12.1. The van der Waals surface area contributed by atoms with Crippen molar-refractivity contribution in [2.24, 2.45) is 5.92 Å². The van der Waals surface area contributed by atoms with E-state index in [2.05, 4.69) is 0 Å². The molecule has 1 saturated heterocycles. The molecule has 0 aromatic carbocycles. The molecule has 106 valence electrons. The number of furan rings is 1. The van der Waals surface area contributed by atoms with Gasteiger partial charge >= 0.3 is 0 Å². The lowest BCUT2D eigenvalue weighted by atomic mass is 9.92. The van der Waals surface area contributed by atoms with E-state index in [1.54, 1.807) is 13.0 Å². The van der Waals surface area contributed by atoms with Crippen LogP contribution in [0.2, 0.25) is 0 Å². The number of carbonyl (C=O) groups is 1. The van der Waals surface area contributed by atoms with E-state index in [4.69, 9.17) is 4.42 Å². The molecule has 1 aromatic rings. The summed E-state index contributed by atoms with van der Waals surface area (Å²) in [6.07, 6.45) is 4.82. The van der Waals surface area contributed by atoms with Crippen molar-refractivity contribution in [3.8, 4) is 0 Å². The zero-order valence-electron chi connectivity index (χ0n) is 11.3. The number of carbonyl (C=O) groups excluding carboxylic acids is 1. The van der Waals surface area contributed by atoms with Crippen molar-refractivity contribution >= 4 is 15.8 Å². The van der Waals surface area contributed by atoms with Crippen LogP contribution in [0.25, 0.3) is 0 Å². The monoisotopic (exact) mass is 285 g/mol. The lowest BCUT2D eigenvalue weighted by Gasteiger charge is -2.30. The average molecular weight is 285 g/mol. The first-order chi connectivity index (χ1) is 8.88. The quantitative estimate of drug-likeness (QED) is 0.792. The number of aryl methyl sites for hydroxylation is 1. The standard InChI is InChI=1S/C13H19NO4S/c1-10-12(5-7-18-10)13(15)8-11-4-3-6-14(9-11)19(2,16)17/h5,7,11H,3-4,6,8-9H2,1-2H3. The smallest absolute Gasteiger partial charge is 0.211 e. The van der Waals surface area contributed by atoms with E-state index >= 15 is 0 Å². The second kappa shape index (κ2) is 5.46. The highest BCUT2D eigenvalue weighted by Crippen LogP contribution is 2.24. The number of hydrogen-bond donors (Lipinski definition) is 0. The Kier molecular flexibility index (Phi) is 4.10. The van der Waals surface area contributed by atoms with Crippen molar-refractivity contribution in [1.82, 2.24) is 4.31 Å². The first-order valence-corrected chi connectivity index (χ1v) is 8.25. The second-order valence-electron chi connectivity index (χ2n) is 5.15. The van der Waals surface area contributed by atoms with E-state index in [9.17, 15) is 13.2 Å².